The smallest absolute Gasteiger partial charge is 0.320 e. The number of hydrogen-bond donors (Lipinski definition) is 2. The largest absolute Gasteiger partial charge is 0.481 e. The highest BCUT2D eigenvalue weighted by Crippen LogP contribution is 2.32. The normalized spacial score (nSPS) is 27.2. The molecule has 0 bridgehead atoms. The molecule has 0 aromatic rings. The summed E-state index contributed by atoms with van der Waals surface area (Å²) in [6.45, 7) is 2.71. The number of carboxylic acids is 1. The van der Waals surface area contributed by atoms with Crippen LogP contribution in [0.3, 0.4) is 0 Å². The molecule has 2 aliphatic rings. The van der Waals surface area contributed by atoms with E-state index in [0.717, 1.165) is 19.3 Å². The summed E-state index contributed by atoms with van der Waals surface area (Å²) in [5, 5.41) is 18.3. The Morgan fingerprint density at radius 3 is 2.53 bits per heavy atom. The number of carboxylic acid groups (broad SMARTS) is 1. The number of likely N-dealkylation sites (tertiary alicyclic amines) is 1. The lowest BCUT2D eigenvalue weighted by molar-refractivity contribution is -0.147. The van der Waals surface area contributed by atoms with Crippen molar-refractivity contribution in [1.82, 2.24) is 9.80 Å². The number of amides is 2. The Morgan fingerprint density at radius 2 is 2.11 bits per heavy atom. The molecule has 1 saturated carbocycles. The molecule has 1 unspecified atom stereocenters. The lowest BCUT2D eigenvalue weighted by Crippen LogP contribution is -2.51. The highest BCUT2D eigenvalue weighted by molar-refractivity contribution is 5.79. The third-order valence-electron chi connectivity index (χ3n) is 4.36. The third-order valence-corrected chi connectivity index (χ3v) is 4.36. The van der Waals surface area contributed by atoms with Crippen LogP contribution in [0.2, 0.25) is 0 Å². The van der Waals surface area contributed by atoms with Crippen LogP contribution >= 0.6 is 0 Å². The van der Waals surface area contributed by atoms with Gasteiger partial charge in [-0.1, -0.05) is 0 Å². The zero-order chi connectivity index (χ0) is 14.0. The Morgan fingerprint density at radius 1 is 1.42 bits per heavy atom. The number of carbonyl (C=O) groups excluding carboxylic acids is 1. The van der Waals surface area contributed by atoms with Crippen molar-refractivity contribution in [3.05, 3.63) is 0 Å². The van der Waals surface area contributed by atoms with Crippen molar-refractivity contribution in [3.63, 3.8) is 0 Å². The lowest BCUT2D eigenvalue weighted by Gasteiger charge is -2.39. The predicted molar refractivity (Wildman–Crippen MR) is 68.8 cm³/mol. The molecule has 0 radical (unpaired) electrons. The van der Waals surface area contributed by atoms with Crippen molar-refractivity contribution in [2.45, 2.75) is 38.6 Å². The van der Waals surface area contributed by atoms with Crippen LogP contribution in [0.4, 0.5) is 4.79 Å². The fourth-order valence-electron chi connectivity index (χ4n) is 2.72. The van der Waals surface area contributed by atoms with Crippen molar-refractivity contribution in [3.8, 4) is 0 Å². The number of nitrogens with zero attached hydrogens (tertiary/aromatic N) is 2. The van der Waals surface area contributed by atoms with Gasteiger partial charge >= 0.3 is 12.0 Å². The summed E-state index contributed by atoms with van der Waals surface area (Å²) in [5.41, 5.74) is -0.833. The van der Waals surface area contributed by atoms with Gasteiger partial charge in [-0.25, -0.2) is 4.79 Å². The lowest BCUT2D eigenvalue weighted by atomic mass is 9.90. The minimum absolute atomic E-state index is 0.0493. The summed E-state index contributed by atoms with van der Waals surface area (Å²) in [5.74, 6) is -0.847. The Labute approximate surface area is 113 Å². The van der Waals surface area contributed by atoms with Gasteiger partial charge in [0.05, 0.1) is 12.0 Å². The first-order valence-corrected chi connectivity index (χ1v) is 6.88. The van der Waals surface area contributed by atoms with Crippen LogP contribution in [0, 0.1) is 5.41 Å². The first-order valence-electron chi connectivity index (χ1n) is 6.88. The Balaban J connectivity index is 2.00. The molecular weight excluding hydrogens is 248 g/mol. The number of hydrogen-bond acceptors (Lipinski definition) is 3. The van der Waals surface area contributed by atoms with E-state index in [1.54, 1.807) is 16.7 Å². The van der Waals surface area contributed by atoms with E-state index >= 15 is 0 Å². The summed E-state index contributed by atoms with van der Waals surface area (Å²) >= 11 is 0. The first kappa shape index (κ1) is 14.1. The van der Waals surface area contributed by atoms with Crippen LogP contribution in [-0.4, -0.2) is 64.3 Å². The van der Waals surface area contributed by atoms with Gasteiger partial charge in [-0.3, -0.25) is 4.79 Å². The third kappa shape index (κ3) is 2.68. The van der Waals surface area contributed by atoms with E-state index in [0.29, 0.717) is 19.5 Å². The number of carbonyl (C=O) groups is 2. The van der Waals surface area contributed by atoms with Gasteiger partial charge in [0.2, 0.25) is 0 Å². The second kappa shape index (κ2) is 5.36. The zero-order valence-corrected chi connectivity index (χ0v) is 11.3. The molecule has 1 heterocycles. The topological polar surface area (TPSA) is 81.1 Å². The molecule has 0 aromatic heterocycles. The minimum atomic E-state index is -0.847. The molecule has 6 nitrogen and oxygen atoms in total. The van der Waals surface area contributed by atoms with Gasteiger partial charge in [-0.15, -0.1) is 0 Å². The molecule has 0 spiro atoms. The number of aliphatic carboxylic acids is 1. The van der Waals surface area contributed by atoms with E-state index in [9.17, 15) is 14.7 Å². The van der Waals surface area contributed by atoms with Gasteiger partial charge in [0.1, 0.15) is 0 Å². The minimum Gasteiger partial charge on any atom is -0.481 e. The molecule has 2 N–H and O–H groups in total. The summed E-state index contributed by atoms with van der Waals surface area (Å²) in [7, 11) is 0. The number of aliphatic hydroxyl groups excluding tert-OH is 1. The first-order chi connectivity index (χ1) is 8.98. The number of urea groups is 1. The van der Waals surface area contributed by atoms with Gasteiger partial charge in [0, 0.05) is 25.7 Å². The molecule has 2 fully saturated rings. The van der Waals surface area contributed by atoms with Gasteiger partial charge in [-0.2, -0.15) is 0 Å². The molecule has 0 aromatic carbocycles. The molecule has 2 rings (SSSR count). The van der Waals surface area contributed by atoms with Crippen molar-refractivity contribution in [2.75, 3.05) is 26.2 Å². The molecule has 1 saturated heterocycles. The highest BCUT2D eigenvalue weighted by Gasteiger charge is 2.44. The van der Waals surface area contributed by atoms with Crippen molar-refractivity contribution >= 4 is 12.0 Å². The number of rotatable bonds is 4. The Bertz CT molecular complexity index is 370. The molecule has 108 valence electrons. The van der Waals surface area contributed by atoms with Gasteiger partial charge in [0.25, 0.3) is 0 Å². The SMILES string of the molecule is CC1(C(=O)O)CCN(C(=O)N(CCO)C2CCC2)C1. The monoisotopic (exact) mass is 270 g/mol. The van der Waals surface area contributed by atoms with Crippen LogP contribution in [0.5, 0.6) is 0 Å². The van der Waals surface area contributed by atoms with E-state index < -0.39 is 11.4 Å². The second-order valence-corrected chi connectivity index (χ2v) is 5.82. The molecule has 2 amide bonds. The standard InChI is InChI=1S/C13H22N2O4/c1-13(11(17)18)5-6-14(9-13)12(19)15(7-8-16)10-3-2-4-10/h10,16H,2-9H2,1H3,(H,17,18). The molecule has 19 heavy (non-hydrogen) atoms. The maximum atomic E-state index is 12.4. The Hall–Kier alpha value is -1.30. The van der Waals surface area contributed by atoms with Crippen LogP contribution in [-0.2, 0) is 4.79 Å². The average molecular weight is 270 g/mol. The second-order valence-electron chi connectivity index (χ2n) is 5.82. The van der Waals surface area contributed by atoms with Crippen molar-refractivity contribution in [1.29, 1.82) is 0 Å². The van der Waals surface area contributed by atoms with E-state index in [-0.39, 0.29) is 25.2 Å². The maximum absolute atomic E-state index is 12.4. The van der Waals surface area contributed by atoms with E-state index in [2.05, 4.69) is 0 Å². The summed E-state index contributed by atoms with van der Waals surface area (Å²) in [6, 6.07) is 0.0973. The molecule has 1 aliphatic carbocycles. The maximum Gasteiger partial charge on any atom is 0.320 e. The van der Waals surface area contributed by atoms with Gasteiger partial charge in [0.15, 0.2) is 0 Å². The van der Waals surface area contributed by atoms with E-state index in [4.69, 9.17) is 5.11 Å². The average Bonchev–Trinajstić information content (AvgIpc) is 2.69. The van der Waals surface area contributed by atoms with Crippen LogP contribution in [0.1, 0.15) is 32.6 Å². The van der Waals surface area contributed by atoms with Gasteiger partial charge in [-0.05, 0) is 32.6 Å². The predicted octanol–water partition coefficient (Wildman–Crippen LogP) is 0.750. The van der Waals surface area contributed by atoms with Crippen LogP contribution in [0.15, 0.2) is 0 Å². The van der Waals surface area contributed by atoms with Crippen molar-refractivity contribution < 1.29 is 19.8 Å². The zero-order valence-electron chi connectivity index (χ0n) is 11.3. The van der Waals surface area contributed by atoms with Crippen LogP contribution in [0.25, 0.3) is 0 Å². The van der Waals surface area contributed by atoms with E-state index in [1.807, 2.05) is 0 Å². The number of aliphatic hydroxyl groups is 1. The van der Waals surface area contributed by atoms with E-state index in [1.165, 1.54) is 0 Å². The summed E-state index contributed by atoms with van der Waals surface area (Å²) in [6.07, 6.45) is 3.57. The molecular formula is C13H22N2O4. The Kier molecular flexibility index (Phi) is 3.99. The van der Waals surface area contributed by atoms with Crippen LogP contribution < -0.4 is 0 Å². The summed E-state index contributed by atoms with van der Waals surface area (Å²) in [4.78, 5) is 26.9. The molecule has 1 atom stereocenters. The fraction of sp³-hybridized carbons (Fsp3) is 0.846. The molecule has 1 aliphatic heterocycles. The van der Waals surface area contributed by atoms with Gasteiger partial charge < -0.3 is 20.0 Å². The molecule has 6 heteroatoms. The van der Waals surface area contributed by atoms with Crippen molar-refractivity contribution in [2.24, 2.45) is 5.41 Å². The highest BCUT2D eigenvalue weighted by atomic mass is 16.4. The summed E-state index contributed by atoms with van der Waals surface area (Å²) < 4.78 is 0. The fourth-order valence-corrected chi connectivity index (χ4v) is 2.72. The quantitative estimate of drug-likeness (QED) is 0.790.